The molecule has 2 aliphatic heterocycles. The normalized spacial score (nSPS) is 25.9. The second kappa shape index (κ2) is 9.93. The van der Waals surface area contributed by atoms with Crippen LogP contribution in [0.3, 0.4) is 0 Å². The molecule has 2 N–H and O–H groups in total. The average Bonchev–Trinajstić information content (AvgIpc) is 3.21. The Hall–Kier alpha value is -1.79. The van der Waals surface area contributed by atoms with Gasteiger partial charge in [-0.1, -0.05) is 37.3 Å². The summed E-state index contributed by atoms with van der Waals surface area (Å²) in [4.78, 5) is 41.8. The highest BCUT2D eigenvalue weighted by Gasteiger charge is 2.66. The number of aliphatic hydroxyl groups excluding tert-OH is 1. The van der Waals surface area contributed by atoms with Crippen LogP contribution in [0.5, 0.6) is 0 Å². The Balaban J connectivity index is 1.68. The van der Waals surface area contributed by atoms with Crippen LogP contribution in [0.4, 0.5) is 5.69 Å². The fourth-order valence-corrected chi connectivity index (χ4v) is 8.92. The van der Waals surface area contributed by atoms with E-state index in [2.05, 4.69) is 22.6 Å². The van der Waals surface area contributed by atoms with Crippen molar-refractivity contribution >= 4 is 48.4 Å². The second-order valence-corrected chi connectivity index (χ2v) is 15.3. The summed E-state index contributed by atoms with van der Waals surface area (Å²) in [5.74, 6) is -0.624. The number of amides is 2. The van der Waals surface area contributed by atoms with Crippen molar-refractivity contribution in [1.82, 2.24) is 4.90 Å². The molecule has 0 aromatic heterocycles. The quantitative estimate of drug-likeness (QED) is 0.371. The van der Waals surface area contributed by atoms with E-state index in [4.69, 9.17) is 4.74 Å². The van der Waals surface area contributed by atoms with Gasteiger partial charge in [-0.15, -0.1) is 0 Å². The van der Waals surface area contributed by atoms with E-state index in [1.165, 1.54) is 0 Å². The maximum absolute atomic E-state index is 13.7. The molecule has 4 rings (SSSR count). The van der Waals surface area contributed by atoms with Crippen molar-refractivity contribution in [2.75, 3.05) is 25.1 Å². The summed E-state index contributed by atoms with van der Waals surface area (Å²) in [7, 11) is -1.10. The number of nitrogens with zero attached hydrogens (tertiary/aromatic N) is 2. The lowest BCUT2D eigenvalue weighted by atomic mass is 9.82. The van der Waals surface area contributed by atoms with E-state index in [1.807, 2.05) is 68.5 Å². The molecule has 0 bridgehead atoms. The molecule has 1 saturated heterocycles. The van der Waals surface area contributed by atoms with Gasteiger partial charge in [-0.2, -0.15) is 0 Å². The lowest BCUT2D eigenvalue weighted by Crippen LogP contribution is -2.45. The summed E-state index contributed by atoms with van der Waals surface area (Å²) in [5, 5.41) is 9.61. The molecule has 9 heteroatoms. The monoisotopic (exact) mass is 608 g/mol. The Morgan fingerprint density at radius 2 is 1.91 bits per heavy atom. The summed E-state index contributed by atoms with van der Waals surface area (Å²) < 4.78 is 7.64. The first-order valence-corrected chi connectivity index (χ1v) is 16.0. The van der Waals surface area contributed by atoms with Gasteiger partial charge >= 0.3 is 0 Å². The van der Waals surface area contributed by atoms with Gasteiger partial charge in [0.25, 0.3) is 5.91 Å². The standard InChI is InChI=1S/C26H33IN2O5Si/c1-17-24(35(3,4)33)22(15-23(31)29(12-13-30)16-18-8-6-5-7-9-18)34-26(17)20-14-19(27)10-11-21(20)28(2)25(26)32/h5-11,14,17,22,24,30,33H,12-13,15-16H2,1-4H3/t17-,22+,24-,26+/m1/s1. The minimum Gasteiger partial charge on any atom is -0.432 e. The smallest absolute Gasteiger partial charge is 0.264 e. The summed E-state index contributed by atoms with van der Waals surface area (Å²) in [5.41, 5.74) is 1.03. The van der Waals surface area contributed by atoms with Crippen LogP contribution in [0.1, 0.15) is 24.5 Å². The molecular formula is C26H33IN2O5Si. The first-order valence-electron chi connectivity index (χ1n) is 11.9. The fraction of sp³-hybridized carbons (Fsp3) is 0.462. The predicted molar refractivity (Wildman–Crippen MR) is 145 cm³/mol. The zero-order chi connectivity index (χ0) is 25.5. The zero-order valence-corrected chi connectivity index (χ0v) is 23.7. The topological polar surface area (TPSA) is 90.3 Å². The van der Waals surface area contributed by atoms with Crippen LogP contribution in [-0.4, -0.2) is 61.2 Å². The SMILES string of the molecule is C[C@@H]1[C@@H]([Si](C)(C)O)[C@H](CC(=O)N(CCO)Cc2ccccc2)O[C@@]12C(=O)N(C)c1ccc(I)cc12. The van der Waals surface area contributed by atoms with Crippen molar-refractivity contribution in [3.05, 3.63) is 63.2 Å². The van der Waals surface area contributed by atoms with E-state index in [0.29, 0.717) is 6.54 Å². The van der Waals surface area contributed by atoms with Crippen LogP contribution in [0.15, 0.2) is 48.5 Å². The van der Waals surface area contributed by atoms with Crippen LogP contribution in [0.2, 0.25) is 18.6 Å². The fourth-order valence-electron chi connectivity index (χ4n) is 5.87. The van der Waals surface area contributed by atoms with Gasteiger partial charge in [0.05, 0.1) is 24.8 Å². The van der Waals surface area contributed by atoms with E-state index >= 15 is 0 Å². The number of carbonyl (C=O) groups is 2. The van der Waals surface area contributed by atoms with E-state index in [0.717, 1.165) is 20.4 Å². The van der Waals surface area contributed by atoms with Crippen molar-refractivity contribution in [2.45, 2.75) is 50.2 Å². The number of carbonyl (C=O) groups excluding carboxylic acids is 2. The number of rotatable bonds is 7. The molecule has 1 spiro atoms. The van der Waals surface area contributed by atoms with Gasteiger partial charge in [-0.05, 0) is 59.4 Å². The molecule has 2 aliphatic rings. The minimum absolute atomic E-state index is 0.0385. The lowest BCUT2D eigenvalue weighted by Gasteiger charge is -2.32. The molecule has 1 fully saturated rings. The highest BCUT2D eigenvalue weighted by atomic mass is 127. The largest absolute Gasteiger partial charge is 0.432 e. The number of halogens is 1. The van der Waals surface area contributed by atoms with Gasteiger partial charge in [0, 0.05) is 40.7 Å². The molecule has 4 atom stereocenters. The number of aliphatic hydroxyl groups is 1. The molecular weight excluding hydrogens is 575 g/mol. The van der Waals surface area contributed by atoms with Gasteiger partial charge in [-0.25, -0.2) is 0 Å². The summed E-state index contributed by atoms with van der Waals surface area (Å²) in [6.07, 6.45) is -0.570. The van der Waals surface area contributed by atoms with Gasteiger partial charge in [0.1, 0.15) is 0 Å². The Kier molecular flexibility index (Phi) is 7.45. The number of ether oxygens (including phenoxy) is 1. The third-order valence-electron chi connectivity index (χ3n) is 7.39. The van der Waals surface area contributed by atoms with Crippen LogP contribution in [-0.2, 0) is 26.5 Å². The van der Waals surface area contributed by atoms with Gasteiger partial charge in [0.2, 0.25) is 5.91 Å². The molecule has 0 radical (unpaired) electrons. The van der Waals surface area contributed by atoms with Crippen LogP contribution < -0.4 is 4.90 Å². The number of hydrogen-bond donors (Lipinski definition) is 2. The predicted octanol–water partition coefficient (Wildman–Crippen LogP) is 3.48. The van der Waals surface area contributed by atoms with Crippen molar-refractivity contribution in [3.8, 4) is 0 Å². The highest BCUT2D eigenvalue weighted by Crippen LogP contribution is 2.59. The number of fused-ring (bicyclic) bond motifs is 2. The Labute approximate surface area is 221 Å². The minimum atomic E-state index is -2.84. The van der Waals surface area contributed by atoms with Crippen LogP contribution >= 0.6 is 22.6 Å². The Morgan fingerprint density at radius 1 is 1.23 bits per heavy atom. The van der Waals surface area contributed by atoms with E-state index in [1.54, 1.807) is 16.8 Å². The number of hydrogen-bond acceptors (Lipinski definition) is 5. The maximum Gasteiger partial charge on any atom is 0.264 e. The number of benzene rings is 2. The molecule has 2 aromatic rings. The molecule has 0 aliphatic carbocycles. The molecule has 2 amide bonds. The molecule has 2 aromatic carbocycles. The summed E-state index contributed by atoms with van der Waals surface area (Å²) in [6, 6.07) is 15.5. The van der Waals surface area contributed by atoms with E-state index in [-0.39, 0.29) is 42.8 Å². The highest BCUT2D eigenvalue weighted by molar-refractivity contribution is 14.1. The van der Waals surface area contributed by atoms with E-state index < -0.39 is 20.0 Å². The molecule has 188 valence electrons. The Bertz CT molecular complexity index is 1110. The number of likely N-dealkylation sites (N-methyl/N-ethyl adjacent to an activating group) is 1. The van der Waals surface area contributed by atoms with Crippen LogP contribution in [0.25, 0.3) is 0 Å². The molecule has 7 nitrogen and oxygen atoms in total. The number of anilines is 1. The van der Waals surface area contributed by atoms with Gasteiger partial charge in [-0.3, -0.25) is 9.59 Å². The average molecular weight is 609 g/mol. The second-order valence-electron chi connectivity index (χ2n) is 10.1. The van der Waals surface area contributed by atoms with Crippen molar-refractivity contribution in [3.63, 3.8) is 0 Å². The first-order chi connectivity index (χ1) is 16.5. The summed E-state index contributed by atoms with van der Waals surface area (Å²) >= 11 is 2.23. The third kappa shape index (κ3) is 4.68. The van der Waals surface area contributed by atoms with Gasteiger partial charge in [0.15, 0.2) is 13.9 Å². The molecule has 0 unspecified atom stereocenters. The van der Waals surface area contributed by atoms with Crippen molar-refractivity contribution in [1.29, 1.82) is 0 Å². The molecule has 2 heterocycles. The third-order valence-corrected chi connectivity index (χ3v) is 10.6. The lowest BCUT2D eigenvalue weighted by molar-refractivity contribution is -0.149. The van der Waals surface area contributed by atoms with Crippen molar-refractivity contribution < 1.29 is 24.2 Å². The molecule has 35 heavy (non-hydrogen) atoms. The molecule has 0 saturated carbocycles. The van der Waals surface area contributed by atoms with Crippen molar-refractivity contribution in [2.24, 2.45) is 5.92 Å². The Morgan fingerprint density at radius 3 is 2.54 bits per heavy atom. The zero-order valence-electron chi connectivity index (χ0n) is 20.6. The maximum atomic E-state index is 13.7. The van der Waals surface area contributed by atoms with Crippen LogP contribution in [0, 0.1) is 9.49 Å². The first kappa shape index (κ1) is 26.3. The van der Waals surface area contributed by atoms with E-state index in [9.17, 15) is 19.5 Å². The summed E-state index contributed by atoms with van der Waals surface area (Å²) in [6.45, 7) is 6.10. The van der Waals surface area contributed by atoms with Gasteiger partial charge < -0.3 is 24.4 Å².